The first-order chi connectivity index (χ1) is 20.3. The summed E-state index contributed by atoms with van der Waals surface area (Å²) in [7, 11) is 2.72. The number of fused-ring (bicyclic) bond motifs is 1. The maximum Gasteiger partial charge on any atom is 0.338 e. The fraction of sp³-hybridized carbons (Fsp3) is 0.188. The molecule has 1 aliphatic heterocycles. The van der Waals surface area contributed by atoms with Crippen LogP contribution in [-0.4, -0.2) is 30.7 Å². The molecule has 0 amide bonds. The van der Waals surface area contributed by atoms with Crippen LogP contribution in [0.2, 0.25) is 0 Å². The molecule has 0 saturated carbocycles. The zero-order valence-electron chi connectivity index (χ0n) is 23.5. The van der Waals surface area contributed by atoms with E-state index in [9.17, 15) is 14.4 Å². The fourth-order valence-corrected chi connectivity index (χ4v) is 5.70. The van der Waals surface area contributed by atoms with Gasteiger partial charge in [-0.2, -0.15) is 0 Å². The third kappa shape index (κ3) is 5.89. The summed E-state index contributed by atoms with van der Waals surface area (Å²) >= 11 is 1.22. The van der Waals surface area contributed by atoms with E-state index in [0.29, 0.717) is 33.0 Å². The Balaban J connectivity index is 1.54. The lowest BCUT2D eigenvalue weighted by atomic mass is 9.95. The lowest BCUT2D eigenvalue weighted by molar-refractivity contribution is -0.136. The average molecular weight is 585 g/mol. The van der Waals surface area contributed by atoms with Gasteiger partial charge in [0.25, 0.3) is 5.56 Å². The number of aromatic nitrogens is 1. The number of benzene rings is 3. The first-order valence-electron chi connectivity index (χ1n) is 13.0. The van der Waals surface area contributed by atoms with Crippen molar-refractivity contribution in [3.8, 4) is 17.2 Å². The number of allylic oxidation sites excluding steroid dienone is 1. The van der Waals surface area contributed by atoms with Crippen molar-refractivity contribution in [3.63, 3.8) is 0 Å². The summed E-state index contributed by atoms with van der Waals surface area (Å²) in [4.78, 5) is 43.4. The molecule has 9 nitrogen and oxygen atoms in total. The Kier molecular flexibility index (Phi) is 8.35. The van der Waals surface area contributed by atoms with Gasteiger partial charge >= 0.3 is 11.9 Å². The van der Waals surface area contributed by atoms with Crippen molar-refractivity contribution in [2.24, 2.45) is 4.99 Å². The van der Waals surface area contributed by atoms with E-state index in [2.05, 4.69) is 4.99 Å². The highest BCUT2D eigenvalue weighted by molar-refractivity contribution is 7.07. The van der Waals surface area contributed by atoms with Gasteiger partial charge in [-0.15, -0.1) is 0 Å². The van der Waals surface area contributed by atoms with E-state index in [-0.39, 0.29) is 22.6 Å². The minimum atomic E-state index is -0.843. The third-order valence-corrected chi connectivity index (χ3v) is 7.59. The van der Waals surface area contributed by atoms with Crippen molar-refractivity contribution in [1.29, 1.82) is 0 Å². The molecule has 0 spiro atoms. The van der Waals surface area contributed by atoms with Crippen LogP contribution in [0.25, 0.3) is 6.08 Å². The summed E-state index contributed by atoms with van der Waals surface area (Å²) in [6.45, 7) is 3.44. The summed E-state index contributed by atoms with van der Waals surface area (Å²) in [5, 5.41) is 0. The lowest BCUT2D eigenvalue weighted by Gasteiger charge is -2.25. The topological polar surface area (TPSA) is 105 Å². The molecule has 0 N–H and O–H groups in total. The number of esters is 2. The molecule has 0 aliphatic carbocycles. The minimum Gasteiger partial charge on any atom is -0.493 e. The summed E-state index contributed by atoms with van der Waals surface area (Å²) in [5.41, 5.74) is 2.77. The van der Waals surface area contributed by atoms with Crippen molar-refractivity contribution in [2.45, 2.75) is 26.5 Å². The first kappa shape index (κ1) is 28.6. The largest absolute Gasteiger partial charge is 0.493 e. The van der Waals surface area contributed by atoms with Crippen LogP contribution in [0.3, 0.4) is 0 Å². The van der Waals surface area contributed by atoms with E-state index in [4.69, 9.17) is 18.9 Å². The Hall–Kier alpha value is -4.96. The van der Waals surface area contributed by atoms with Crippen LogP contribution in [0.5, 0.6) is 17.2 Å². The lowest BCUT2D eigenvalue weighted by Crippen LogP contribution is -2.39. The van der Waals surface area contributed by atoms with Crippen LogP contribution in [0, 0.1) is 0 Å². The monoisotopic (exact) mass is 584 g/mol. The highest BCUT2D eigenvalue weighted by Crippen LogP contribution is 2.36. The van der Waals surface area contributed by atoms with Gasteiger partial charge in [0.2, 0.25) is 0 Å². The molecule has 42 heavy (non-hydrogen) atoms. The predicted octanol–water partition coefficient (Wildman–Crippen LogP) is 3.92. The maximum atomic E-state index is 13.8. The van der Waals surface area contributed by atoms with Gasteiger partial charge in [-0.3, -0.25) is 14.2 Å². The van der Waals surface area contributed by atoms with Crippen LogP contribution in [-0.2, 0) is 20.9 Å². The molecule has 3 aromatic carbocycles. The molecule has 1 atom stereocenters. The van der Waals surface area contributed by atoms with E-state index in [1.54, 1.807) is 31.2 Å². The highest BCUT2D eigenvalue weighted by atomic mass is 32.1. The number of hydrogen-bond donors (Lipinski definition) is 0. The van der Waals surface area contributed by atoms with Crippen LogP contribution < -0.4 is 29.1 Å². The number of carbonyl (C=O) groups excluding carboxylic acids is 2. The fourth-order valence-electron chi connectivity index (χ4n) is 4.65. The van der Waals surface area contributed by atoms with Gasteiger partial charge in [0, 0.05) is 6.92 Å². The average Bonchev–Trinajstić information content (AvgIpc) is 3.30. The number of hydrogen-bond acceptors (Lipinski definition) is 9. The highest BCUT2D eigenvalue weighted by Gasteiger charge is 2.33. The van der Waals surface area contributed by atoms with Crippen LogP contribution in [0.15, 0.2) is 93.9 Å². The smallest absolute Gasteiger partial charge is 0.338 e. The Labute approximate surface area is 245 Å². The Morgan fingerprint density at radius 3 is 2.40 bits per heavy atom. The summed E-state index contributed by atoms with van der Waals surface area (Å²) in [5.74, 6) is 0.0957. The van der Waals surface area contributed by atoms with E-state index in [1.807, 2.05) is 54.6 Å². The standard InChI is InChI=1S/C32H28N2O7S/c1-19-28(31(37)39-4)29(23-12-15-25(41-20(2)35)26(17-23)38-3)34-30(36)27(42-32(34)33-19)16-21-10-13-24(14-11-21)40-18-22-8-6-5-7-9-22/h5-17,29H,18H2,1-4H3/b27-16+/t29-/m1/s1. The normalized spacial score (nSPS) is 14.6. The molecular formula is C32H28N2O7S. The third-order valence-electron chi connectivity index (χ3n) is 6.61. The second-order valence-corrected chi connectivity index (χ2v) is 10.4. The summed E-state index contributed by atoms with van der Waals surface area (Å²) in [6, 6.07) is 21.4. The number of carbonyl (C=O) groups is 2. The van der Waals surface area contributed by atoms with Crippen molar-refractivity contribution < 1.29 is 28.5 Å². The summed E-state index contributed by atoms with van der Waals surface area (Å²) in [6.07, 6.45) is 1.78. The SMILES string of the molecule is COC(=O)C1=C(C)N=c2s/c(=C/c3ccc(OCc4ccccc4)cc3)c(=O)n2[C@@H]1c1ccc(OC(C)=O)c(OC)c1. The molecule has 5 rings (SSSR count). The van der Waals surface area contributed by atoms with Crippen LogP contribution in [0.1, 0.15) is 36.6 Å². The molecule has 0 radical (unpaired) electrons. The molecule has 214 valence electrons. The molecule has 0 saturated heterocycles. The van der Waals surface area contributed by atoms with Gasteiger partial charge in [-0.1, -0.05) is 59.9 Å². The molecule has 4 aromatic rings. The van der Waals surface area contributed by atoms with E-state index < -0.39 is 18.0 Å². The second kappa shape index (κ2) is 12.3. The van der Waals surface area contributed by atoms with Gasteiger partial charge in [-0.05, 0) is 54.0 Å². The summed E-state index contributed by atoms with van der Waals surface area (Å²) < 4.78 is 23.6. The van der Waals surface area contributed by atoms with E-state index in [1.165, 1.54) is 37.0 Å². The molecule has 1 aromatic heterocycles. The molecule has 0 fully saturated rings. The number of thiazole rings is 1. The van der Waals surface area contributed by atoms with Crippen LogP contribution in [0.4, 0.5) is 0 Å². The van der Waals surface area contributed by atoms with Gasteiger partial charge in [-0.25, -0.2) is 9.79 Å². The number of methoxy groups -OCH3 is 2. The molecule has 0 unspecified atom stereocenters. The Morgan fingerprint density at radius 2 is 1.74 bits per heavy atom. The number of rotatable bonds is 8. The van der Waals surface area contributed by atoms with Crippen molar-refractivity contribution in [2.75, 3.05) is 14.2 Å². The second-order valence-electron chi connectivity index (χ2n) is 9.42. The first-order valence-corrected chi connectivity index (χ1v) is 13.8. The van der Waals surface area contributed by atoms with Gasteiger partial charge < -0.3 is 18.9 Å². The zero-order valence-corrected chi connectivity index (χ0v) is 24.3. The van der Waals surface area contributed by atoms with E-state index >= 15 is 0 Å². The zero-order chi connectivity index (χ0) is 29.8. The van der Waals surface area contributed by atoms with Crippen molar-refractivity contribution >= 4 is 29.4 Å². The molecule has 0 bridgehead atoms. The molecule has 1 aliphatic rings. The quantitative estimate of drug-likeness (QED) is 0.228. The van der Waals surface area contributed by atoms with Crippen LogP contribution >= 0.6 is 11.3 Å². The van der Waals surface area contributed by atoms with E-state index in [0.717, 1.165) is 11.1 Å². The predicted molar refractivity (Wildman–Crippen MR) is 157 cm³/mol. The Bertz CT molecular complexity index is 1860. The molecule has 10 heteroatoms. The Morgan fingerprint density at radius 1 is 1.00 bits per heavy atom. The molecule has 2 heterocycles. The number of ether oxygens (including phenoxy) is 4. The van der Waals surface area contributed by atoms with Crippen molar-refractivity contribution in [1.82, 2.24) is 4.57 Å². The van der Waals surface area contributed by atoms with Gasteiger partial charge in [0.1, 0.15) is 12.4 Å². The maximum absolute atomic E-state index is 13.8. The van der Waals surface area contributed by atoms with Gasteiger partial charge in [0.15, 0.2) is 16.3 Å². The van der Waals surface area contributed by atoms with Gasteiger partial charge in [0.05, 0.1) is 36.1 Å². The number of nitrogens with zero attached hydrogens (tertiary/aromatic N) is 2. The minimum absolute atomic E-state index is 0.220. The molecular weight excluding hydrogens is 556 g/mol. The van der Waals surface area contributed by atoms with Crippen molar-refractivity contribution in [3.05, 3.63) is 120 Å².